The van der Waals surface area contributed by atoms with Crippen LogP contribution in [0.15, 0.2) is 0 Å². The minimum Gasteiger partial charge on any atom is -0.376 e. The van der Waals surface area contributed by atoms with Crippen LogP contribution >= 0.6 is 11.3 Å². The summed E-state index contributed by atoms with van der Waals surface area (Å²) in [5.74, 6) is 0. The zero-order chi connectivity index (χ0) is 13.8. The van der Waals surface area contributed by atoms with Gasteiger partial charge in [-0.3, -0.25) is 4.90 Å². The molecule has 1 fully saturated rings. The average Bonchev–Trinajstić information content (AvgIpc) is 2.88. The molecule has 4 nitrogen and oxygen atoms in total. The lowest BCUT2D eigenvalue weighted by Crippen LogP contribution is -2.32. The standard InChI is InChI=1S/C15H24N2O2S/c1-17(7-6-12-11-18-8-9-19-12)10-15-16-13-4-2-3-5-14(13)20-15/h12H,2-11H2,1H3. The van der Waals surface area contributed by atoms with Gasteiger partial charge in [0.05, 0.1) is 38.2 Å². The Kier molecular flexibility index (Phi) is 5.04. The molecule has 2 aliphatic rings. The van der Waals surface area contributed by atoms with Gasteiger partial charge in [-0.2, -0.15) is 0 Å². The lowest BCUT2D eigenvalue weighted by molar-refractivity contribution is -0.0923. The molecule has 2 heterocycles. The van der Waals surface area contributed by atoms with E-state index in [1.54, 1.807) is 0 Å². The minimum atomic E-state index is 0.274. The van der Waals surface area contributed by atoms with Crippen LogP contribution in [-0.4, -0.2) is 49.4 Å². The third-order valence-corrected chi connectivity index (χ3v) is 5.16. The number of nitrogens with zero attached hydrogens (tertiary/aromatic N) is 2. The van der Waals surface area contributed by atoms with Gasteiger partial charge in [-0.25, -0.2) is 4.98 Å². The smallest absolute Gasteiger partial charge is 0.107 e. The second-order valence-electron chi connectivity index (χ2n) is 5.78. The monoisotopic (exact) mass is 296 g/mol. The fourth-order valence-corrected chi connectivity index (χ4v) is 4.09. The summed E-state index contributed by atoms with van der Waals surface area (Å²) < 4.78 is 11.1. The Hall–Kier alpha value is -0.490. The van der Waals surface area contributed by atoms with Crippen LogP contribution < -0.4 is 0 Å². The van der Waals surface area contributed by atoms with Gasteiger partial charge in [-0.1, -0.05) is 0 Å². The van der Waals surface area contributed by atoms with E-state index in [4.69, 9.17) is 14.5 Å². The second-order valence-corrected chi connectivity index (χ2v) is 6.95. The molecule has 112 valence electrons. The van der Waals surface area contributed by atoms with Gasteiger partial charge in [-0.15, -0.1) is 11.3 Å². The summed E-state index contributed by atoms with van der Waals surface area (Å²) in [6.45, 7) is 4.24. The molecule has 1 atom stereocenters. The van der Waals surface area contributed by atoms with Gasteiger partial charge in [0.2, 0.25) is 0 Å². The van der Waals surface area contributed by atoms with Crippen molar-refractivity contribution in [1.29, 1.82) is 0 Å². The van der Waals surface area contributed by atoms with Crippen molar-refractivity contribution in [2.45, 2.75) is 44.8 Å². The highest BCUT2D eigenvalue weighted by Crippen LogP contribution is 2.27. The molecular weight excluding hydrogens is 272 g/mol. The molecule has 3 rings (SSSR count). The van der Waals surface area contributed by atoms with Gasteiger partial charge in [0, 0.05) is 11.4 Å². The molecule has 0 radical (unpaired) electrons. The van der Waals surface area contributed by atoms with Crippen LogP contribution in [0.4, 0.5) is 0 Å². The predicted octanol–water partition coefficient (Wildman–Crippen LogP) is 2.26. The Labute approximate surface area is 125 Å². The molecule has 0 amide bonds. The van der Waals surface area contributed by atoms with Crippen LogP contribution in [0.5, 0.6) is 0 Å². The topological polar surface area (TPSA) is 34.6 Å². The van der Waals surface area contributed by atoms with Gasteiger partial charge in [0.25, 0.3) is 0 Å². The normalized spacial score (nSPS) is 23.0. The quantitative estimate of drug-likeness (QED) is 0.835. The van der Waals surface area contributed by atoms with E-state index in [9.17, 15) is 0 Å². The van der Waals surface area contributed by atoms with E-state index in [-0.39, 0.29) is 6.10 Å². The van der Waals surface area contributed by atoms with Crippen molar-refractivity contribution in [2.24, 2.45) is 0 Å². The Morgan fingerprint density at radius 1 is 1.30 bits per heavy atom. The molecule has 0 spiro atoms. The van der Waals surface area contributed by atoms with Crippen LogP contribution in [0.3, 0.4) is 0 Å². The van der Waals surface area contributed by atoms with Crippen LogP contribution in [0.25, 0.3) is 0 Å². The predicted molar refractivity (Wildman–Crippen MR) is 80.3 cm³/mol. The Morgan fingerprint density at radius 3 is 3.00 bits per heavy atom. The number of ether oxygens (including phenoxy) is 2. The highest BCUT2D eigenvalue weighted by Gasteiger charge is 2.17. The van der Waals surface area contributed by atoms with Crippen molar-refractivity contribution in [2.75, 3.05) is 33.4 Å². The number of fused-ring (bicyclic) bond motifs is 1. The number of hydrogen-bond donors (Lipinski definition) is 0. The van der Waals surface area contributed by atoms with Crippen molar-refractivity contribution >= 4 is 11.3 Å². The summed E-state index contributed by atoms with van der Waals surface area (Å²) >= 11 is 1.92. The number of thiazole rings is 1. The summed E-state index contributed by atoms with van der Waals surface area (Å²) in [5.41, 5.74) is 1.37. The Morgan fingerprint density at radius 2 is 2.20 bits per heavy atom. The lowest BCUT2D eigenvalue weighted by Gasteiger charge is -2.25. The first-order valence-electron chi connectivity index (χ1n) is 7.66. The molecule has 1 aliphatic carbocycles. The van der Waals surface area contributed by atoms with Crippen LogP contribution in [-0.2, 0) is 28.9 Å². The van der Waals surface area contributed by atoms with Gasteiger partial charge >= 0.3 is 0 Å². The summed E-state index contributed by atoms with van der Waals surface area (Å²) in [5, 5.41) is 1.28. The highest BCUT2D eigenvalue weighted by molar-refractivity contribution is 7.11. The van der Waals surface area contributed by atoms with Crippen molar-refractivity contribution in [3.63, 3.8) is 0 Å². The van der Waals surface area contributed by atoms with E-state index >= 15 is 0 Å². The van der Waals surface area contributed by atoms with Crippen LogP contribution in [0, 0.1) is 0 Å². The average molecular weight is 296 g/mol. The van der Waals surface area contributed by atoms with Gasteiger partial charge in [0.1, 0.15) is 5.01 Å². The highest BCUT2D eigenvalue weighted by atomic mass is 32.1. The fraction of sp³-hybridized carbons (Fsp3) is 0.800. The number of aromatic nitrogens is 1. The molecule has 0 bridgehead atoms. The maximum atomic E-state index is 5.68. The maximum Gasteiger partial charge on any atom is 0.107 e. The van der Waals surface area contributed by atoms with Crippen molar-refractivity contribution in [3.8, 4) is 0 Å². The van der Waals surface area contributed by atoms with E-state index in [0.29, 0.717) is 0 Å². The van der Waals surface area contributed by atoms with Gasteiger partial charge in [0.15, 0.2) is 0 Å². The molecule has 20 heavy (non-hydrogen) atoms. The molecule has 1 aromatic rings. The molecule has 0 aromatic carbocycles. The third kappa shape index (κ3) is 3.79. The van der Waals surface area contributed by atoms with Crippen LogP contribution in [0.2, 0.25) is 0 Å². The maximum absolute atomic E-state index is 5.68. The van der Waals surface area contributed by atoms with Crippen molar-refractivity contribution in [3.05, 3.63) is 15.6 Å². The first kappa shape index (κ1) is 14.4. The summed E-state index contributed by atoms with van der Waals surface area (Å²) in [7, 11) is 2.17. The number of aryl methyl sites for hydroxylation is 2. The summed E-state index contributed by atoms with van der Waals surface area (Å²) in [4.78, 5) is 8.69. The van der Waals surface area contributed by atoms with E-state index < -0.39 is 0 Å². The van der Waals surface area contributed by atoms with Crippen molar-refractivity contribution in [1.82, 2.24) is 9.88 Å². The SMILES string of the molecule is CN(CCC1COCCO1)Cc1nc2c(s1)CCCC2. The number of rotatable bonds is 5. The van der Waals surface area contributed by atoms with Crippen LogP contribution in [0.1, 0.15) is 34.8 Å². The van der Waals surface area contributed by atoms with E-state index in [0.717, 1.165) is 39.3 Å². The second kappa shape index (κ2) is 6.98. The minimum absolute atomic E-state index is 0.274. The number of hydrogen-bond acceptors (Lipinski definition) is 5. The molecular formula is C15H24N2O2S. The molecule has 5 heteroatoms. The third-order valence-electron chi connectivity index (χ3n) is 4.01. The first-order chi connectivity index (χ1) is 9.81. The molecule has 0 saturated carbocycles. The largest absolute Gasteiger partial charge is 0.376 e. The molecule has 1 aliphatic heterocycles. The Bertz CT molecular complexity index is 406. The van der Waals surface area contributed by atoms with E-state index in [1.807, 2.05) is 11.3 Å². The van der Waals surface area contributed by atoms with Gasteiger partial charge in [-0.05, 0) is 39.2 Å². The molecule has 1 saturated heterocycles. The zero-order valence-corrected chi connectivity index (χ0v) is 13.1. The fourth-order valence-electron chi connectivity index (χ4n) is 2.85. The van der Waals surface area contributed by atoms with E-state index in [1.165, 1.54) is 41.3 Å². The first-order valence-corrected chi connectivity index (χ1v) is 8.48. The summed E-state index contributed by atoms with van der Waals surface area (Å²) in [6, 6.07) is 0. The summed E-state index contributed by atoms with van der Waals surface area (Å²) in [6.07, 6.45) is 6.39. The Balaban J connectivity index is 1.45. The van der Waals surface area contributed by atoms with Gasteiger partial charge < -0.3 is 9.47 Å². The lowest BCUT2D eigenvalue weighted by atomic mass is 10.0. The van der Waals surface area contributed by atoms with Crippen molar-refractivity contribution < 1.29 is 9.47 Å². The molecule has 0 N–H and O–H groups in total. The molecule has 1 aromatic heterocycles. The van der Waals surface area contributed by atoms with E-state index in [2.05, 4.69) is 11.9 Å². The zero-order valence-electron chi connectivity index (χ0n) is 12.3. The molecule has 1 unspecified atom stereocenters.